The van der Waals surface area contributed by atoms with Crippen molar-refractivity contribution in [1.29, 1.82) is 0 Å². The van der Waals surface area contributed by atoms with Crippen molar-refractivity contribution in [3.05, 3.63) is 24.3 Å². The first-order chi connectivity index (χ1) is 22.7. The summed E-state index contributed by atoms with van der Waals surface area (Å²) in [5.74, 6) is -0.0559. The van der Waals surface area contributed by atoms with E-state index in [1.54, 1.807) is 0 Å². The summed E-state index contributed by atoms with van der Waals surface area (Å²) in [6.45, 7) is 4.35. The second-order valence-corrected chi connectivity index (χ2v) is 14.0. The van der Waals surface area contributed by atoms with Crippen LogP contribution in [0.2, 0.25) is 0 Å². The minimum atomic E-state index is -0.667. The van der Waals surface area contributed by atoms with Gasteiger partial charge in [-0.25, -0.2) is 0 Å². The number of carbonyl (C=O) groups excluding carboxylic acids is 1. The Kier molecular flexibility index (Phi) is 37.4. The number of rotatable bonds is 37. The third kappa shape index (κ3) is 34.2. The van der Waals surface area contributed by atoms with Gasteiger partial charge in [0.1, 0.15) is 0 Å². The van der Waals surface area contributed by atoms with Crippen LogP contribution in [0.3, 0.4) is 0 Å². The highest BCUT2D eigenvalue weighted by Gasteiger charge is 2.19. The lowest BCUT2D eigenvalue weighted by Crippen LogP contribution is -2.45. The molecule has 0 aliphatic heterocycles. The minimum Gasteiger partial charge on any atom is -0.394 e. The zero-order valence-corrected chi connectivity index (χ0v) is 31.1. The largest absolute Gasteiger partial charge is 0.394 e. The van der Waals surface area contributed by atoms with E-state index in [4.69, 9.17) is 0 Å². The molecule has 0 aromatic carbocycles. The molecule has 0 aliphatic carbocycles. The fourth-order valence-corrected chi connectivity index (χ4v) is 6.23. The van der Waals surface area contributed by atoms with Crippen molar-refractivity contribution < 1.29 is 15.0 Å². The lowest BCUT2D eigenvalue weighted by molar-refractivity contribution is -0.123. The molecule has 0 saturated heterocycles. The van der Waals surface area contributed by atoms with Crippen molar-refractivity contribution in [3.8, 4) is 0 Å². The number of nitrogens with one attached hydrogen (secondary N) is 1. The van der Waals surface area contributed by atoms with Crippen LogP contribution in [0.1, 0.15) is 219 Å². The molecular formula is C42H81NO3. The van der Waals surface area contributed by atoms with Gasteiger partial charge in [-0.2, -0.15) is 0 Å². The minimum absolute atomic E-state index is 0.0559. The van der Waals surface area contributed by atoms with Crippen LogP contribution in [0.15, 0.2) is 24.3 Å². The number of hydrogen-bond donors (Lipinski definition) is 3. The summed E-state index contributed by atoms with van der Waals surface area (Å²) in [6.07, 6.45) is 48.1. The Bertz CT molecular complexity index is 661. The Labute approximate surface area is 288 Å². The van der Waals surface area contributed by atoms with E-state index in [2.05, 4.69) is 43.5 Å². The molecule has 0 aromatic rings. The normalized spacial score (nSPS) is 13.2. The first-order valence-corrected chi connectivity index (χ1v) is 20.5. The van der Waals surface area contributed by atoms with Crippen LogP contribution in [0.5, 0.6) is 0 Å². The van der Waals surface area contributed by atoms with Gasteiger partial charge >= 0.3 is 0 Å². The second kappa shape index (κ2) is 38.3. The highest BCUT2D eigenvalue weighted by Crippen LogP contribution is 2.15. The maximum atomic E-state index is 12.4. The van der Waals surface area contributed by atoms with E-state index in [9.17, 15) is 15.0 Å². The molecule has 0 fully saturated rings. The predicted octanol–water partition coefficient (Wildman–Crippen LogP) is 12.5. The second-order valence-electron chi connectivity index (χ2n) is 14.0. The van der Waals surface area contributed by atoms with Gasteiger partial charge in [-0.3, -0.25) is 4.79 Å². The van der Waals surface area contributed by atoms with E-state index in [0.29, 0.717) is 12.8 Å². The van der Waals surface area contributed by atoms with Crippen LogP contribution in [-0.2, 0) is 4.79 Å². The number of aliphatic hydroxyl groups is 2. The van der Waals surface area contributed by atoms with Crippen molar-refractivity contribution in [2.24, 2.45) is 0 Å². The van der Waals surface area contributed by atoms with E-state index < -0.39 is 12.1 Å². The standard InChI is InChI=1S/C42H81NO3/c1-3-5-7-9-11-13-15-17-19-20-21-22-24-26-28-30-32-34-36-38-42(46)43-40(39-44)41(45)37-35-33-31-29-27-25-23-18-16-14-12-10-8-6-4-2/h17,19,28,30,40-41,44-45H,3-16,18,20-27,29,31-39H2,1-2H3,(H,43,46)/b19-17-,30-28-/t40-,41?/m0/s1. The summed E-state index contributed by atoms with van der Waals surface area (Å²) < 4.78 is 0. The van der Waals surface area contributed by atoms with E-state index >= 15 is 0 Å². The van der Waals surface area contributed by atoms with Crippen molar-refractivity contribution in [2.45, 2.75) is 231 Å². The topological polar surface area (TPSA) is 69.6 Å². The molecule has 46 heavy (non-hydrogen) atoms. The van der Waals surface area contributed by atoms with E-state index in [1.807, 2.05) is 0 Å². The summed E-state index contributed by atoms with van der Waals surface area (Å²) in [5, 5.41) is 23.1. The lowest BCUT2D eigenvalue weighted by atomic mass is 10.0. The smallest absolute Gasteiger partial charge is 0.220 e. The molecule has 272 valence electrons. The van der Waals surface area contributed by atoms with Gasteiger partial charge in [0.15, 0.2) is 0 Å². The average Bonchev–Trinajstić information content (AvgIpc) is 3.06. The van der Waals surface area contributed by atoms with Crippen molar-refractivity contribution >= 4 is 5.91 Å². The molecule has 0 aromatic heterocycles. The number of carbonyl (C=O) groups is 1. The molecular weight excluding hydrogens is 566 g/mol. The third-order valence-corrected chi connectivity index (χ3v) is 9.43. The molecule has 0 saturated carbocycles. The Morgan fingerprint density at radius 2 is 0.826 bits per heavy atom. The van der Waals surface area contributed by atoms with Crippen LogP contribution in [-0.4, -0.2) is 34.9 Å². The number of allylic oxidation sites excluding steroid dienone is 4. The molecule has 0 radical (unpaired) electrons. The van der Waals surface area contributed by atoms with E-state index in [-0.39, 0.29) is 12.5 Å². The van der Waals surface area contributed by atoms with Gasteiger partial charge in [0, 0.05) is 6.42 Å². The number of hydrogen-bond acceptors (Lipinski definition) is 3. The summed E-state index contributed by atoms with van der Waals surface area (Å²) in [4.78, 5) is 12.4. The molecule has 1 amide bonds. The molecule has 0 aliphatic rings. The van der Waals surface area contributed by atoms with Crippen LogP contribution in [0, 0.1) is 0 Å². The Balaban J connectivity index is 3.57. The highest BCUT2D eigenvalue weighted by molar-refractivity contribution is 5.76. The predicted molar refractivity (Wildman–Crippen MR) is 202 cm³/mol. The van der Waals surface area contributed by atoms with Gasteiger partial charge in [-0.1, -0.05) is 173 Å². The Hall–Kier alpha value is -1.13. The molecule has 0 spiro atoms. The summed E-state index contributed by atoms with van der Waals surface area (Å²) >= 11 is 0. The molecule has 0 heterocycles. The Morgan fingerprint density at radius 3 is 1.22 bits per heavy atom. The van der Waals surface area contributed by atoms with Crippen molar-refractivity contribution in [3.63, 3.8) is 0 Å². The van der Waals surface area contributed by atoms with Crippen molar-refractivity contribution in [2.75, 3.05) is 6.61 Å². The van der Waals surface area contributed by atoms with Crippen LogP contribution < -0.4 is 5.32 Å². The maximum absolute atomic E-state index is 12.4. The zero-order chi connectivity index (χ0) is 33.6. The fourth-order valence-electron chi connectivity index (χ4n) is 6.23. The van der Waals surface area contributed by atoms with Crippen LogP contribution in [0.25, 0.3) is 0 Å². The molecule has 3 N–H and O–H groups in total. The van der Waals surface area contributed by atoms with Crippen LogP contribution in [0.4, 0.5) is 0 Å². The van der Waals surface area contributed by atoms with E-state index in [1.165, 1.54) is 154 Å². The van der Waals surface area contributed by atoms with Crippen molar-refractivity contribution in [1.82, 2.24) is 5.32 Å². The molecule has 4 nitrogen and oxygen atoms in total. The summed E-state index contributed by atoms with van der Waals surface area (Å²) in [6, 6.07) is -0.546. The highest BCUT2D eigenvalue weighted by atomic mass is 16.3. The van der Waals surface area contributed by atoms with Gasteiger partial charge in [-0.15, -0.1) is 0 Å². The first kappa shape index (κ1) is 44.9. The zero-order valence-electron chi connectivity index (χ0n) is 31.1. The van der Waals surface area contributed by atoms with Crippen LogP contribution >= 0.6 is 0 Å². The summed E-state index contributed by atoms with van der Waals surface area (Å²) in [7, 11) is 0. The Morgan fingerprint density at radius 1 is 0.500 bits per heavy atom. The lowest BCUT2D eigenvalue weighted by Gasteiger charge is -2.22. The van der Waals surface area contributed by atoms with Gasteiger partial charge < -0.3 is 15.5 Å². The fraction of sp³-hybridized carbons (Fsp3) is 0.881. The average molecular weight is 648 g/mol. The summed E-state index contributed by atoms with van der Waals surface area (Å²) in [5.41, 5.74) is 0. The maximum Gasteiger partial charge on any atom is 0.220 e. The SMILES string of the molecule is CCCCCCCC/C=C\CCCCC/C=C\CCCCC(=O)N[C@@H](CO)C(O)CCCCCCCCCCCCCCCCC. The third-order valence-electron chi connectivity index (χ3n) is 9.43. The monoisotopic (exact) mass is 648 g/mol. The van der Waals surface area contributed by atoms with Gasteiger partial charge in [0.05, 0.1) is 18.8 Å². The number of amides is 1. The van der Waals surface area contributed by atoms with E-state index in [0.717, 1.165) is 38.5 Å². The molecule has 1 unspecified atom stereocenters. The van der Waals surface area contributed by atoms with Gasteiger partial charge in [-0.05, 0) is 64.2 Å². The number of aliphatic hydroxyl groups excluding tert-OH is 2. The first-order valence-electron chi connectivity index (χ1n) is 20.5. The number of unbranched alkanes of at least 4 members (excludes halogenated alkanes) is 26. The van der Waals surface area contributed by atoms with Gasteiger partial charge in [0.2, 0.25) is 5.91 Å². The van der Waals surface area contributed by atoms with Gasteiger partial charge in [0.25, 0.3) is 0 Å². The molecule has 0 bridgehead atoms. The molecule has 2 atom stereocenters. The molecule has 0 rings (SSSR count). The molecule has 4 heteroatoms. The quantitative estimate of drug-likeness (QED) is 0.0464.